The second-order valence-electron chi connectivity index (χ2n) is 9.02. The van der Waals surface area contributed by atoms with Crippen LogP contribution in [-0.2, 0) is 0 Å². The van der Waals surface area contributed by atoms with Gasteiger partial charge < -0.3 is 14.5 Å². The standard InChI is InChI=1S/C25H23F3N4O3S/c26-25(27,28)14-35-22-20-4-2-1-3-16(20)9-21(30-22)24(34)32-12-17-10-31(11-18(17)13-32)23(33)15-5-7-19(36-29)8-6-15/h1-9,17-18H,10-14,29H2. The van der Waals surface area contributed by atoms with Gasteiger partial charge in [0.05, 0.1) is 0 Å². The van der Waals surface area contributed by atoms with E-state index in [1.54, 1.807) is 64.4 Å². The molecule has 3 aromatic rings. The highest BCUT2D eigenvalue weighted by molar-refractivity contribution is 7.97. The lowest BCUT2D eigenvalue weighted by molar-refractivity contribution is -0.153. The number of benzene rings is 2. The Kier molecular flexibility index (Phi) is 6.52. The lowest BCUT2D eigenvalue weighted by Gasteiger charge is -2.22. The van der Waals surface area contributed by atoms with Gasteiger partial charge >= 0.3 is 6.18 Å². The van der Waals surface area contributed by atoms with Crippen molar-refractivity contribution in [3.05, 3.63) is 65.9 Å². The van der Waals surface area contributed by atoms with Crippen LogP contribution >= 0.6 is 11.9 Å². The molecule has 188 valence electrons. The molecule has 2 fully saturated rings. The van der Waals surface area contributed by atoms with E-state index in [1.165, 1.54) is 0 Å². The van der Waals surface area contributed by atoms with Crippen LogP contribution in [0.15, 0.2) is 59.5 Å². The Balaban J connectivity index is 1.28. The lowest BCUT2D eigenvalue weighted by atomic mass is 10.0. The van der Waals surface area contributed by atoms with E-state index in [0.717, 1.165) is 16.8 Å². The first kappa shape index (κ1) is 24.4. The number of hydrogen-bond donors (Lipinski definition) is 1. The molecule has 36 heavy (non-hydrogen) atoms. The van der Waals surface area contributed by atoms with Crippen molar-refractivity contribution in [2.45, 2.75) is 11.1 Å². The molecule has 2 N–H and O–H groups in total. The number of aromatic nitrogens is 1. The highest BCUT2D eigenvalue weighted by atomic mass is 32.2. The lowest BCUT2D eigenvalue weighted by Crippen LogP contribution is -2.36. The fraction of sp³-hybridized carbons (Fsp3) is 0.320. The molecule has 7 nitrogen and oxygen atoms in total. The Bertz CT molecular complexity index is 1290. The summed E-state index contributed by atoms with van der Waals surface area (Å²) in [5, 5.41) is 6.52. The van der Waals surface area contributed by atoms with Crippen LogP contribution in [0.25, 0.3) is 10.8 Å². The molecule has 0 aliphatic carbocycles. The molecular weight excluding hydrogens is 493 g/mol. The van der Waals surface area contributed by atoms with Gasteiger partial charge in [-0.3, -0.25) is 14.7 Å². The van der Waals surface area contributed by atoms with Gasteiger partial charge in [-0.1, -0.05) is 18.2 Å². The van der Waals surface area contributed by atoms with E-state index in [-0.39, 0.29) is 35.2 Å². The molecule has 1 aromatic heterocycles. The first-order valence-electron chi connectivity index (χ1n) is 11.4. The SMILES string of the molecule is NSc1ccc(C(=O)N2CC3CN(C(=O)c4cc5ccccc5c(OCC(F)(F)F)n4)CC3C2)cc1. The molecule has 2 saturated heterocycles. The van der Waals surface area contributed by atoms with Gasteiger partial charge in [0, 0.05) is 53.9 Å². The zero-order valence-corrected chi connectivity index (χ0v) is 19.9. The second-order valence-corrected chi connectivity index (χ2v) is 9.73. The van der Waals surface area contributed by atoms with Crippen molar-refractivity contribution in [3.63, 3.8) is 0 Å². The second kappa shape index (κ2) is 9.62. The highest BCUT2D eigenvalue weighted by Crippen LogP contribution is 2.34. The van der Waals surface area contributed by atoms with Crippen molar-refractivity contribution in [1.29, 1.82) is 0 Å². The van der Waals surface area contributed by atoms with E-state index in [2.05, 4.69) is 4.98 Å². The smallest absolute Gasteiger partial charge is 0.422 e. The molecule has 2 aliphatic rings. The van der Waals surface area contributed by atoms with Crippen LogP contribution in [0, 0.1) is 11.8 Å². The first-order valence-corrected chi connectivity index (χ1v) is 12.2. The summed E-state index contributed by atoms with van der Waals surface area (Å²) in [6.45, 7) is 0.469. The van der Waals surface area contributed by atoms with Crippen molar-refractivity contribution < 1.29 is 27.5 Å². The van der Waals surface area contributed by atoms with Crippen LogP contribution in [0.2, 0.25) is 0 Å². The van der Waals surface area contributed by atoms with Gasteiger partial charge in [0.1, 0.15) is 5.69 Å². The molecule has 5 rings (SSSR count). The van der Waals surface area contributed by atoms with Crippen LogP contribution in [0.5, 0.6) is 5.88 Å². The van der Waals surface area contributed by atoms with Gasteiger partial charge in [-0.05, 0) is 53.7 Å². The average Bonchev–Trinajstić information content (AvgIpc) is 3.45. The molecule has 0 spiro atoms. The normalized spacial score (nSPS) is 19.6. The Morgan fingerprint density at radius 1 is 0.972 bits per heavy atom. The summed E-state index contributed by atoms with van der Waals surface area (Å²) in [4.78, 5) is 34.7. The number of hydrogen-bond acceptors (Lipinski definition) is 6. The first-order chi connectivity index (χ1) is 17.2. The zero-order chi connectivity index (χ0) is 25.4. The Labute approximate surface area is 209 Å². The summed E-state index contributed by atoms with van der Waals surface area (Å²) in [7, 11) is 0. The Morgan fingerprint density at radius 2 is 1.58 bits per heavy atom. The van der Waals surface area contributed by atoms with Crippen molar-refractivity contribution >= 4 is 34.5 Å². The maximum absolute atomic E-state index is 13.3. The van der Waals surface area contributed by atoms with Crippen molar-refractivity contribution in [3.8, 4) is 5.88 Å². The van der Waals surface area contributed by atoms with E-state index in [1.807, 2.05) is 0 Å². The molecule has 3 heterocycles. The summed E-state index contributed by atoms with van der Waals surface area (Å²) in [5.41, 5.74) is 0.629. The number of pyridine rings is 1. The van der Waals surface area contributed by atoms with Crippen LogP contribution < -0.4 is 9.88 Å². The summed E-state index contributed by atoms with van der Waals surface area (Å²) in [6, 6.07) is 15.4. The fourth-order valence-electron chi connectivity index (χ4n) is 4.88. The van der Waals surface area contributed by atoms with Crippen molar-refractivity contribution in [1.82, 2.24) is 14.8 Å². The third kappa shape index (κ3) is 4.98. The third-order valence-electron chi connectivity index (χ3n) is 6.60. The summed E-state index contributed by atoms with van der Waals surface area (Å²) in [5.74, 6) is -0.390. The number of ether oxygens (including phenoxy) is 1. The van der Waals surface area contributed by atoms with Crippen molar-refractivity contribution in [2.75, 3.05) is 32.8 Å². The topological polar surface area (TPSA) is 88.8 Å². The summed E-state index contributed by atoms with van der Waals surface area (Å²) in [6.07, 6.45) is -4.52. The Morgan fingerprint density at radius 3 is 2.19 bits per heavy atom. The monoisotopic (exact) mass is 516 g/mol. The highest BCUT2D eigenvalue weighted by Gasteiger charge is 2.43. The molecule has 2 aliphatic heterocycles. The van der Waals surface area contributed by atoms with Gasteiger partial charge in [-0.15, -0.1) is 0 Å². The van der Waals surface area contributed by atoms with Crippen molar-refractivity contribution in [2.24, 2.45) is 17.0 Å². The molecule has 11 heteroatoms. The van der Waals surface area contributed by atoms with Crippen LogP contribution in [0.1, 0.15) is 20.8 Å². The molecule has 2 atom stereocenters. The minimum Gasteiger partial charge on any atom is -0.468 e. The molecule has 0 radical (unpaired) electrons. The number of carbonyl (C=O) groups is 2. The fourth-order valence-corrected chi connectivity index (χ4v) is 5.18. The minimum atomic E-state index is -4.52. The van der Waals surface area contributed by atoms with E-state index in [9.17, 15) is 22.8 Å². The van der Waals surface area contributed by atoms with E-state index >= 15 is 0 Å². The van der Waals surface area contributed by atoms with Gasteiger partial charge in [0.2, 0.25) is 5.88 Å². The van der Waals surface area contributed by atoms with Gasteiger partial charge in [-0.25, -0.2) is 4.98 Å². The predicted octanol–water partition coefficient (Wildman–Crippen LogP) is 3.99. The quantitative estimate of drug-likeness (QED) is 0.516. The molecule has 0 saturated carbocycles. The molecule has 2 aromatic carbocycles. The number of halogens is 3. The van der Waals surface area contributed by atoms with E-state index < -0.39 is 12.8 Å². The largest absolute Gasteiger partial charge is 0.468 e. The molecule has 2 unspecified atom stereocenters. The predicted molar refractivity (Wildman–Crippen MR) is 129 cm³/mol. The summed E-state index contributed by atoms with van der Waals surface area (Å²) < 4.78 is 43.2. The van der Waals surface area contributed by atoms with Gasteiger partial charge in [0.25, 0.3) is 11.8 Å². The molecule has 2 amide bonds. The Hall–Kier alpha value is -3.31. The number of alkyl halides is 3. The zero-order valence-electron chi connectivity index (χ0n) is 19.1. The van der Waals surface area contributed by atoms with Crippen LogP contribution in [0.4, 0.5) is 13.2 Å². The number of likely N-dealkylation sites (tertiary alicyclic amines) is 2. The third-order valence-corrected chi connectivity index (χ3v) is 7.14. The number of nitrogens with two attached hydrogens (primary N) is 1. The number of rotatable bonds is 5. The number of amides is 2. The van der Waals surface area contributed by atoms with Gasteiger partial charge in [-0.2, -0.15) is 13.2 Å². The number of carbonyl (C=O) groups excluding carboxylic acids is 2. The number of nitrogens with zero attached hydrogens (tertiary/aromatic N) is 3. The average molecular weight is 517 g/mol. The minimum absolute atomic E-state index is 0.0386. The maximum atomic E-state index is 13.3. The maximum Gasteiger partial charge on any atom is 0.422 e. The van der Waals surface area contributed by atoms with E-state index in [0.29, 0.717) is 42.5 Å². The summed E-state index contributed by atoms with van der Waals surface area (Å²) >= 11 is 1.12. The van der Waals surface area contributed by atoms with E-state index in [4.69, 9.17) is 9.88 Å². The van der Waals surface area contributed by atoms with Crippen LogP contribution in [0.3, 0.4) is 0 Å². The van der Waals surface area contributed by atoms with Gasteiger partial charge in [0.15, 0.2) is 6.61 Å². The molecule has 0 bridgehead atoms. The number of fused-ring (bicyclic) bond motifs is 2. The van der Waals surface area contributed by atoms with Crippen LogP contribution in [-0.4, -0.2) is 65.6 Å². The molecular formula is C25H23F3N4O3S.